The first-order chi connectivity index (χ1) is 19.7. The fraction of sp³-hybridized carbons (Fsp3) is 0.974. The molecule has 0 heterocycles. The summed E-state index contributed by atoms with van der Waals surface area (Å²) in [4.78, 5) is 12.4. The van der Waals surface area contributed by atoms with Gasteiger partial charge >= 0.3 is 0 Å². The molecule has 0 rings (SSSR count). The molecule has 0 radical (unpaired) electrons. The molecule has 0 aromatic rings. The lowest BCUT2D eigenvalue weighted by molar-refractivity contribution is -0.120. The van der Waals surface area contributed by atoms with Crippen LogP contribution in [0.25, 0.3) is 0 Å². The monoisotopic (exact) mass is 564 g/mol. The Hall–Kier alpha value is -0.370. The SMILES string of the molecule is CCCCCCCCCCCCCCCCCCCC(N)C(=O)CCCCCCCCCCCCCCCCC. The van der Waals surface area contributed by atoms with Crippen molar-refractivity contribution < 1.29 is 4.79 Å². The summed E-state index contributed by atoms with van der Waals surface area (Å²) in [6.45, 7) is 4.58. The third kappa shape index (κ3) is 32.1. The number of carbonyl (C=O) groups is 1. The minimum Gasteiger partial charge on any atom is -0.322 e. The first kappa shape index (κ1) is 39.6. The first-order valence-electron chi connectivity index (χ1n) is 19.0. The van der Waals surface area contributed by atoms with Crippen LogP contribution in [0.2, 0.25) is 0 Å². The van der Waals surface area contributed by atoms with Crippen molar-refractivity contribution in [3.63, 3.8) is 0 Å². The minimum atomic E-state index is -0.206. The van der Waals surface area contributed by atoms with Crippen LogP contribution in [0.3, 0.4) is 0 Å². The second-order valence-corrected chi connectivity index (χ2v) is 13.2. The van der Waals surface area contributed by atoms with Gasteiger partial charge < -0.3 is 5.73 Å². The van der Waals surface area contributed by atoms with Gasteiger partial charge in [-0.05, 0) is 12.8 Å². The molecular formula is C38H77NO. The second kappa shape index (κ2) is 34.8. The normalized spacial score (nSPS) is 12.3. The number of rotatable bonds is 35. The Morgan fingerprint density at radius 1 is 0.375 bits per heavy atom. The number of nitrogens with two attached hydrogens (primary N) is 1. The molecule has 2 N–H and O–H groups in total. The average Bonchev–Trinajstić information content (AvgIpc) is 2.96. The molecular weight excluding hydrogens is 486 g/mol. The van der Waals surface area contributed by atoms with Crippen molar-refractivity contribution in [2.75, 3.05) is 0 Å². The Labute approximate surface area is 254 Å². The predicted octanol–water partition coefficient (Wildman–Crippen LogP) is 13.2. The van der Waals surface area contributed by atoms with Crippen LogP contribution in [0.15, 0.2) is 0 Å². The number of ketones is 1. The van der Waals surface area contributed by atoms with Gasteiger partial charge in [0.25, 0.3) is 0 Å². The Balaban J connectivity index is 3.26. The Kier molecular flexibility index (Phi) is 34.5. The lowest BCUT2D eigenvalue weighted by Gasteiger charge is -2.10. The zero-order valence-corrected chi connectivity index (χ0v) is 28.1. The summed E-state index contributed by atoms with van der Waals surface area (Å²) in [5.74, 6) is 0.311. The number of hydrogen-bond donors (Lipinski definition) is 1. The molecule has 0 saturated heterocycles. The van der Waals surface area contributed by atoms with E-state index in [4.69, 9.17) is 5.73 Å². The highest BCUT2D eigenvalue weighted by Gasteiger charge is 2.12. The zero-order chi connectivity index (χ0) is 29.2. The molecule has 0 aromatic heterocycles. The lowest BCUT2D eigenvalue weighted by Crippen LogP contribution is -2.30. The fourth-order valence-corrected chi connectivity index (χ4v) is 6.11. The summed E-state index contributed by atoms with van der Waals surface area (Å²) < 4.78 is 0. The van der Waals surface area contributed by atoms with E-state index < -0.39 is 0 Å². The zero-order valence-electron chi connectivity index (χ0n) is 28.1. The van der Waals surface area contributed by atoms with Crippen LogP contribution in [0.1, 0.15) is 232 Å². The van der Waals surface area contributed by atoms with Crippen LogP contribution in [-0.4, -0.2) is 11.8 Å². The highest BCUT2D eigenvalue weighted by atomic mass is 16.1. The molecule has 0 aliphatic rings. The molecule has 0 bridgehead atoms. The van der Waals surface area contributed by atoms with Crippen molar-refractivity contribution in [3.05, 3.63) is 0 Å². The molecule has 2 nitrogen and oxygen atoms in total. The summed E-state index contributed by atoms with van der Waals surface area (Å²) in [7, 11) is 0. The fourth-order valence-electron chi connectivity index (χ4n) is 6.11. The van der Waals surface area contributed by atoms with E-state index in [1.165, 1.54) is 193 Å². The molecule has 0 aliphatic carbocycles. The maximum atomic E-state index is 12.4. The quantitative estimate of drug-likeness (QED) is 0.0779. The molecule has 0 fully saturated rings. The number of Topliss-reactive ketones (excluding diaryl/α,β-unsaturated/α-hetero) is 1. The van der Waals surface area contributed by atoms with Crippen LogP contribution in [0.4, 0.5) is 0 Å². The largest absolute Gasteiger partial charge is 0.322 e. The summed E-state index contributed by atoms with van der Waals surface area (Å²) in [5.41, 5.74) is 6.19. The highest BCUT2D eigenvalue weighted by Crippen LogP contribution is 2.16. The van der Waals surface area contributed by atoms with Crippen LogP contribution < -0.4 is 5.73 Å². The summed E-state index contributed by atoms with van der Waals surface area (Å²) >= 11 is 0. The smallest absolute Gasteiger partial charge is 0.149 e. The van der Waals surface area contributed by atoms with Crippen molar-refractivity contribution in [2.24, 2.45) is 5.73 Å². The molecule has 40 heavy (non-hydrogen) atoms. The van der Waals surface area contributed by atoms with E-state index in [1.54, 1.807) is 0 Å². The molecule has 0 aromatic carbocycles. The van der Waals surface area contributed by atoms with Gasteiger partial charge in [-0.15, -0.1) is 0 Å². The van der Waals surface area contributed by atoms with E-state index in [0.717, 1.165) is 19.3 Å². The van der Waals surface area contributed by atoms with Crippen LogP contribution in [0.5, 0.6) is 0 Å². The van der Waals surface area contributed by atoms with Crippen molar-refractivity contribution in [1.29, 1.82) is 0 Å². The predicted molar refractivity (Wildman–Crippen MR) is 181 cm³/mol. The van der Waals surface area contributed by atoms with E-state index in [1.807, 2.05) is 0 Å². The summed E-state index contributed by atoms with van der Waals surface area (Å²) in [5, 5.41) is 0. The lowest BCUT2D eigenvalue weighted by atomic mass is 9.99. The summed E-state index contributed by atoms with van der Waals surface area (Å²) in [6.07, 6.45) is 45.8. The van der Waals surface area contributed by atoms with Gasteiger partial charge in [-0.3, -0.25) is 4.79 Å². The van der Waals surface area contributed by atoms with Gasteiger partial charge in [0, 0.05) is 6.42 Å². The van der Waals surface area contributed by atoms with Crippen molar-refractivity contribution >= 4 is 5.78 Å². The van der Waals surface area contributed by atoms with Crippen molar-refractivity contribution in [1.82, 2.24) is 0 Å². The Bertz CT molecular complexity index is 476. The van der Waals surface area contributed by atoms with E-state index in [0.29, 0.717) is 12.2 Å². The topological polar surface area (TPSA) is 43.1 Å². The van der Waals surface area contributed by atoms with Crippen molar-refractivity contribution in [2.45, 2.75) is 238 Å². The molecule has 0 amide bonds. The Morgan fingerprint density at radius 2 is 0.600 bits per heavy atom. The van der Waals surface area contributed by atoms with Crippen LogP contribution in [0, 0.1) is 0 Å². The third-order valence-electron chi connectivity index (χ3n) is 9.06. The van der Waals surface area contributed by atoms with E-state index in [-0.39, 0.29) is 6.04 Å². The van der Waals surface area contributed by atoms with Gasteiger partial charge in [0.2, 0.25) is 0 Å². The molecule has 1 unspecified atom stereocenters. The molecule has 0 spiro atoms. The molecule has 1 atom stereocenters. The van der Waals surface area contributed by atoms with E-state index in [9.17, 15) is 4.79 Å². The van der Waals surface area contributed by atoms with Crippen molar-refractivity contribution in [3.8, 4) is 0 Å². The molecule has 0 aliphatic heterocycles. The maximum absolute atomic E-state index is 12.4. The molecule has 240 valence electrons. The number of unbranched alkanes of at least 4 members (excludes halogenated alkanes) is 30. The van der Waals surface area contributed by atoms with Crippen LogP contribution in [-0.2, 0) is 4.79 Å². The minimum absolute atomic E-state index is 0.206. The van der Waals surface area contributed by atoms with Gasteiger partial charge in [0.1, 0.15) is 5.78 Å². The average molecular weight is 564 g/mol. The summed E-state index contributed by atoms with van der Waals surface area (Å²) in [6, 6.07) is -0.206. The van der Waals surface area contributed by atoms with Crippen LogP contribution >= 0.6 is 0 Å². The molecule has 2 heteroatoms. The van der Waals surface area contributed by atoms with Gasteiger partial charge in [-0.2, -0.15) is 0 Å². The number of hydrogen-bond acceptors (Lipinski definition) is 2. The van der Waals surface area contributed by atoms with Gasteiger partial charge in [-0.1, -0.05) is 213 Å². The number of carbonyl (C=O) groups excluding carboxylic acids is 1. The van der Waals surface area contributed by atoms with Gasteiger partial charge in [0.15, 0.2) is 0 Å². The van der Waals surface area contributed by atoms with Gasteiger partial charge in [0.05, 0.1) is 6.04 Å². The standard InChI is InChI=1S/C38H77NO/c1-3-5-7-9-11-13-15-17-19-20-22-23-25-27-29-31-33-35-37(39)38(40)36-34-32-30-28-26-24-21-18-16-14-12-10-8-6-4-2/h37H,3-36,39H2,1-2H3. The molecule has 0 saturated carbocycles. The first-order valence-corrected chi connectivity index (χ1v) is 19.0. The van der Waals surface area contributed by atoms with E-state index in [2.05, 4.69) is 13.8 Å². The Morgan fingerprint density at radius 3 is 0.875 bits per heavy atom. The second-order valence-electron chi connectivity index (χ2n) is 13.2. The van der Waals surface area contributed by atoms with Gasteiger partial charge in [-0.25, -0.2) is 0 Å². The maximum Gasteiger partial charge on any atom is 0.149 e. The van der Waals surface area contributed by atoms with E-state index >= 15 is 0 Å². The highest BCUT2D eigenvalue weighted by molar-refractivity contribution is 5.83. The third-order valence-corrected chi connectivity index (χ3v) is 9.06.